The summed E-state index contributed by atoms with van der Waals surface area (Å²) in [6.07, 6.45) is 5.60. The van der Waals surface area contributed by atoms with Crippen molar-refractivity contribution in [1.82, 2.24) is 4.98 Å². The molecule has 10 heavy (non-hydrogen) atoms. The van der Waals surface area contributed by atoms with Crippen LogP contribution < -0.4 is 0 Å². The molecule has 0 atom stereocenters. The Bertz CT molecular complexity index is 288. The van der Waals surface area contributed by atoms with Gasteiger partial charge in [-0.25, -0.2) is 9.37 Å². The first-order valence-electron chi connectivity index (χ1n) is 2.51. The highest BCUT2D eigenvalue weighted by atomic mass is 19.1. The Morgan fingerprint density at radius 3 is 2.70 bits per heavy atom. The maximum atomic E-state index is 12.3. The largest absolute Gasteiger partial charge is 0.228 e. The van der Waals surface area contributed by atoms with Gasteiger partial charge in [-0.1, -0.05) is 5.92 Å². The zero-order valence-electron chi connectivity index (χ0n) is 4.94. The molecule has 1 aromatic heterocycles. The number of hydrogen-bond acceptors (Lipinski definition) is 1. The van der Waals surface area contributed by atoms with Crippen LogP contribution in [0.5, 0.6) is 0 Å². The fourth-order valence-electron chi connectivity index (χ4n) is 0.524. The van der Waals surface area contributed by atoms with E-state index in [0.29, 0.717) is 0 Å². The van der Waals surface area contributed by atoms with Crippen LogP contribution in [0.15, 0.2) is 12.3 Å². The highest BCUT2D eigenvalue weighted by Gasteiger charge is 2.00. The number of hydrogen-bond donors (Lipinski definition) is 0. The minimum Gasteiger partial charge on any atom is -0.224 e. The van der Waals surface area contributed by atoms with Crippen LogP contribution in [0.25, 0.3) is 0 Å². The van der Waals surface area contributed by atoms with Crippen LogP contribution in [0.1, 0.15) is 5.56 Å². The molecule has 1 rings (SSSR count). The third-order valence-corrected chi connectivity index (χ3v) is 0.961. The van der Waals surface area contributed by atoms with Crippen LogP contribution >= 0.6 is 0 Å². The van der Waals surface area contributed by atoms with Crippen molar-refractivity contribution in [2.45, 2.75) is 0 Å². The fraction of sp³-hybridized carbons (Fsp3) is 0. The molecule has 0 unspecified atom stereocenters. The first-order chi connectivity index (χ1) is 4.74. The minimum absolute atomic E-state index is 0.153. The second-order valence-electron chi connectivity index (χ2n) is 1.64. The Balaban J connectivity index is 3.25. The first kappa shape index (κ1) is 6.69. The highest BCUT2D eigenvalue weighted by Crippen LogP contribution is 2.03. The zero-order chi connectivity index (χ0) is 7.56. The summed E-state index contributed by atoms with van der Waals surface area (Å²) in [6.45, 7) is 0. The molecule has 0 amide bonds. The minimum atomic E-state index is -0.816. The van der Waals surface area contributed by atoms with E-state index in [0.717, 1.165) is 12.3 Å². The number of rotatable bonds is 0. The second-order valence-corrected chi connectivity index (χ2v) is 1.64. The quantitative estimate of drug-likeness (QED) is 0.390. The lowest BCUT2D eigenvalue weighted by atomic mass is 10.3. The van der Waals surface area contributed by atoms with Gasteiger partial charge in [-0.2, -0.15) is 4.39 Å². The van der Waals surface area contributed by atoms with Gasteiger partial charge in [0.1, 0.15) is 5.82 Å². The molecule has 0 aliphatic heterocycles. The van der Waals surface area contributed by atoms with Gasteiger partial charge >= 0.3 is 0 Å². The Labute approximate surface area is 56.7 Å². The predicted octanol–water partition coefficient (Wildman–Crippen LogP) is 1.34. The Morgan fingerprint density at radius 2 is 2.20 bits per heavy atom. The molecule has 0 aliphatic carbocycles. The third-order valence-electron chi connectivity index (χ3n) is 0.961. The molecule has 0 aromatic carbocycles. The van der Waals surface area contributed by atoms with Crippen molar-refractivity contribution >= 4 is 0 Å². The normalized spacial score (nSPS) is 8.90. The van der Waals surface area contributed by atoms with Crippen LogP contribution in [-0.2, 0) is 0 Å². The van der Waals surface area contributed by atoms with E-state index in [4.69, 9.17) is 6.42 Å². The van der Waals surface area contributed by atoms with Gasteiger partial charge in [0.25, 0.3) is 0 Å². The van der Waals surface area contributed by atoms with Crippen molar-refractivity contribution in [3.63, 3.8) is 0 Å². The molecule has 0 saturated carbocycles. The molecular weight excluding hydrogens is 136 g/mol. The summed E-state index contributed by atoms with van der Waals surface area (Å²) in [5, 5.41) is 0. The lowest BCUT2D eigenvalue weighted by molar-refractivity contribution is 0.556. The van der Waals surface area contributed by atoms with Crippen molar-refractivity contribution in [3.05, 3.63) is 29.6 Å². The van der Waals surface area contributed by atoms with E-state index in [1.165, 1.54) is 0 Å². The molecule has 3 heteroatoms. The summed E-state index contributed by atoms with van der Waals surface area (Å²) in [5.74, 6) is 0.513. The molecule has 0 spiro atoms. The van der Waals surface area contributed by atoms with Gasteiger partial charge < -0.3 is 0 Å². The number of nitrogens with zero attached hydrogens (tertiary/aromatic N) is 1. The molecule has 0 bridgehead atoms. The molecule has 0 radical (unpaired) electrons. The summed E-state index contributed by atoms with van der Waals surface area (Å²) >= 11 is 0. The summed E-state index contributed by atoms with van der Waals surface area (Å²) in [5.41, 5.74) is -0.153. The first-order valence-corrected chi connectivity index (χ1v) is 2.51. The molecule has 1 heterocycles. The van der Waals surface area contributed by atoms with Gasteiger partial charge in [-0.15, -0.1) is 6.42 Å². The van der Waals surface area contributed by atoms with Gasteiger partial charge in [0.2, 0.25) is 5.95 Å². The number of terminal acetylenes is 1. The van der Waals surface area contributed by atoms with Crippen LogP contribution in [0.4, 0.5) is 8.78 Å². The predicted molar refractivity (Wildman–Crippen MR) is 32.1 cm³/mol. The number of aromatic nitrogens is 1. The van der Waals surface area contributed by atoms with Gasteiger partial charge in [-0.3, -0.25) is 0 Å². The van der Waals surface area contributed by atoms with Gasteiger partial charge in [0.05, 0.1) is 11.8 Å². The average molecular weight is 139 g/mol. The second kappa shape index (κ2) is 2.44. The molecule has 1 aromatic rings. The summed E-state index contributed by atoms with van der Waals surface area (Å²) < 4.78 is 24.6. The maximum Gasteiger partial charge on any atom is 0.228 e. The average Bonchev–Trinajstić information content (AvgIpc) is 1.94. The van der Waals surface area contributed by atoms with E-state index in [1.807, 2.05) is 5.92 Å². The summed E-state index contributed by atoms with van der Waals surface area (Å²) in [4.78, 5) is 3.07. The van der Waals surface area contributed by atoms with Crippen LogP contribution in [0.2, 0.25) is 0 Å². The van der Waals surface area contributed by atoms with Crippen molar-refractivity contribution in [3.8, 4) is 12.3 Å². The molecular formula is C7H3F2N. The topological polar surface area (TPSA) is 12.9 Å². The molecule has 0 N–H and O–H groups in total. The standard InChI is InChI=1S/C7H3F2N/c1-2-5-3-6(8)4-10-7(5)9/h1,3-4H. The lowest BCUT2D eigenvalue weighted by Gasteiger charge is -1.90. The Kier molecular flexibility index (Phi) is 1.63. The Morgan fingerprint density at radius 1 is 1.50 bits per heavy atom. The monoisotopic (exact) mass is 139 g/mol. The van der Waals surface area contributed by atoms with Gasteiger partial charge in [-0.05, 0) is 6.07 Å². The third kappa shape index (κ3) is 1.11. The van der Waals surface area contributed by atoms with Crippen LogP contribution in [-0.4, -0.2) is 4.98 Å². The van der Waals surface area contributed by atoms with E-state index >= 15 is 0 Å². The maximum absolute atomic E-state index is 12.3. The molecule has 50 valence electrons. The van der Waals surface area contributed by atoms with E-state index in [2.05, 4.69) is 4.98 Å². The fourth-order valence-corrected chi connectivity index (χ4v) is 0.524. The van der Waals surface area contributed by atoms with E-state index < -0.39 is 11.8 Å². The van der Waals surface area contributed by atoms with Gasteiger partial charge in [0.15, 0.2) is 0 Å². The van der Waals surface area contributed by atoms with E-state index in [-0.39, 0.29) is 5.56 Å². The molecule has 0 fully saturated rings. The van der Waals surface area contributed by atoms with Crippen molar-refractivity contribution < 1.29 is 8.78 Å². The van der Waals surface area contributed by atoms with Crippen molar-refractivity contribution in [1.29, 1.82) is 0 Å². The van der Waals surface area contributed by atoms with Gasteiger partial charge in [0, 0.05) is 0 Å². The highest BCUT2D eigenvalue weighted by molar-refractivity contribution is 5.29. The lowest BCUT2D eigenvalue weighted by Crippen LogP contribution is -1.89. The SMILES string of the molecule is C#Cc1cc(F)cnc1F. The molecule has 0 saturated heterocycles. The number of halogens is 2. The molecule has 0 aliphatic rings. The van der Waals surface area contributed by atoms with Crippen molar-refractivity contribution in [2.75, 3.05) is 0 Å². The smallest absolute Gasteiger partial charge is 0.224 e. The van der Waals surface area contributed by atoms with E-state index in [9.17, 15) is 8.78 Å². The zero-order valence-corrected chi connectivity index (χ0v) is 4.94. The Hall–Kier alpha value is -1.43. The van der Waals surface area contributed by atoms with Crippen LogP contribution in [0.3, 0.4) is 0 Å². The number of pyridine rings is 1. The van der Waals surface area contributed by atoms with Crippen molar-refractivity contribution in [2.24, 2.45) is 0 Å². The summed E-state index contributed by atoms with van der Waals surface area (Å²) in [6, 6.07) is 0.919. The summed E-state index contributed by atoms with van der Waals surface area (Å²) in [7, 11) is 0. The van der Waals surface area contributed by atoms with E-state index in [1.54, 1.807) is 0 Å². The molecule has 1 nitrogen and oxygen atoms in total. The van der Waals surface area contributed by atoms with Crippen LogP contribution in [0, 0.1) is 24.1 Å².